The third-order valence-electron chi connectivity index (χ3n) is 4.10. The van der Waals surface area contributed by atoms with Crippen molar-refractivity contribution in [2.75, 3.05) is 19.8 Å². The highest BCUT2D eigenvalue weighted by atomic mass is 16.5. The minimum atomic E-state index is -0.302. The van der Waals surface area contributed by atoms with Gasteiger partial charge < -0.3 is 14.1 Å². The molecule has 0 radical (unpaired) electrons. The third-order valence-corrected chi connectivity index (χ3v) is 4.10. The molecule has 1 amide bonds. The number of aromatic nitrogens is 1. The average Bonchev–Trinajstić information content (AvgIpc) is 2.94. The lowest BCUT2D eigenvalue weighted by Crippen LogP contribution is -2.49. The Bertz CT molecular complexity index is 739. The molecule has 0 spiro atoms. The van der Waals surface area contributed by atoms with Crippen LogP contribution in [0.4, 0.5) is 0 Å². The molecular formula is C18H20N2O4. The summed E-state index contributed by atoms with van der Waals surface area (Å²) in [6, 6.07) is 8.78. The maximum Gasteiger partial charge on any atom is 0.291 e. The van der Waals surface area contributed by atoms with E-state index < -0.39 is 0 Å². The molecule has 3 rings (SSSR count). The highest BCUT2D eigenvalue weighted by molar-refractivity contribution is 5.97. The third kappa shape index (κ3) is 3.38. The second kappa shape index (κ2) is 6.97. The van der Waals surface area contributed by atoms with E-state index in [2.05, 4.69) is 4.98 Å². The summed E-state index contributed by atoms with van der Waals surface area (Å²) < 4.78 is 10.9. The van der Waals surface area contributed by atoms with Crippen LogP contribution in [0.15, 0.2) is 34.7 Å². The zero-order valence-corrected chi connectivity index (χ0v) is 13.8. The fourth-order valence-corrected chi connectivity index (χ4v) is 2.91. The first-order valence-corrected chi connectivity index (χ1v) is 7.97. The summed E-state index contributed by atoms with van der Waals surface area (Å²) in [6.07, 6.45) is 0.224. The zero-order chi connectivity index (χ0) is 17.1. The monoisotopic (exact) mass is 328 g/mol. The van der Waals surface area contributed by atoms with E-state index in [0.29, 0.717) is 36.9 Å². The molecule has 1 atom stereocenters. The number of rotatable bonds is 4. The van der Waals surface area contributed by atoms with Crippen molar-refractivity contribution in [2.24, 2.45) is 0 Å². The Morgan fingerprint density at radius 2 is 2.00 bits per heavy atom. The van der Waals surface area contributed by atoms with Gasteiger partial charge in [-0.05, 0) is 6.92 Å². The minimum Gasteiger partial charge on any atom is -0.436 e. The number of ketones is 1. The molecule has 2 heterocycles. The molecule has 126 valence electrons. The summed E-state index contributed by atoms with van der Waals surface area (Å²) in [5, 5.41) is 0. The van der Waals surface area contributed by atoms with E-state index in [0.717, 1.165) is 0 Å². The van der Waals surface area contributed by atoms with Crippen LogP contribution in [0.5, 0.6) is 0 Å². The fourth-order valence-electron chi connectivity index (χ4n) is 2.91. The number of hydrogen-bond donors (Lipinski definition) is 0. The van der Waals surface area contributed by atoms with Gasteiger partial charge in [0, 0.05) is 25.5 Å². The van der Waals surface area contributed by atoms with Crippen LogP contribution in [0.25, 0.3) is 0 Å². The quantitative estimate of drug-likeness (QED) is 0.806. The number of nitrogens with zero attached hydrogens (tertiary/aromatic N) is 2. The zero-order valence-electron chi connectivity index (χ0n) is 13.8. The van der Waals surface area contributed by atoms with Crippen LogP contribution >= 0.6 is 0 Å². The summed E-state index contributed by atoms with van der Waals surface area (Å²) in [5.41, 5.74) is 1.21. The smallest absolute Gasteiger partial charge is 0.291 e. The fraction of sp³-hybridized carbons (Fsp3) is 0.389. The molecule has 0 aliphatic carbocycles. The predicted octanol–water partition coefficient (Wildman–Crippen LogP) is 2.41. The molecule has 1 aliphatic heterocycles. The summed E-state index contributed by atoms with van der Waals surface area (Å²) in [6.45, 7) is 4.68. The normalized spacial score (nSPS) is 17.8. The van der Waals surface area contributed by atoms with Crippen LogP contribution < -0.4 is 0 Å². The SMILES string of the molecule is Cc1nc(C)c(C(=O)N2CCOC[C@@H]2CC(=O)c2ccccc2)o1. The van der Waals surface area contributed by atoms with Gasteiger partial charge in [-0.1, -0.05) is 30.3 Å². The molecule has 0 bridgehead atoms. The molecule has 1 aromatic heterocycles. The molecule has 2 aromatic rings. The van der Waals surface area contributed by atoms with Gasteiger partial charge in [-0.15, -0.1) is 0 Å². The lowest BCUT2D eigenvalue weighted by molar-refractivity contribution is -0.00441. The molecular weight excluding hydrogens is 308 g/mol. The second-order valence-corrected chi connectivity index (χ2v) is 5.87. The van der Waals surface area contributed by atoms with Crippen molar-refractivity contribution in [2.45, 2.75) is 26.3 Å². The molecule has 1 saturated heterocycles. The van der Waals surface area contributed by atoms with Crippen molar-refractivity contribution in [3.8, 4) is 0 Å². The molecule has 6 heteroatoms. The Morgan fingerprint density at radius 1 is 1.25 bits per heavy atom. The topological polar surface area (TPSA) is 72.6 Å². The highest BCUT2D eigenvalue weighted by Gasteiger charge is 2.32. The molecule has 1 aromatic carbocycles. The Labute approximate surface area is 140 Å². The van der Waals surface area contributed by atoms with E-state index in [4.69, 9.17) is 9.15 Å². The van der Waals surface area contributed by atoms with Gasteiger partial charge >= 0.3 is 0 Å². The largest absolute Gasteiger partial charge is 0.436 e. The molecule has 0 saturated carbocycles. The van der Waals surface area contributed by atoms with Gasteiger partial charge in [-0.3, -0.25) is 9.59 Å². The van der Waals surface area contributed by atoms with Crippen molar-refractivity contribution < 1.29 is 18.7 Å². The first-order chi connectivity index (χ1) is 11.6. The van der Waals surface area contributed by atoms with Gasteiger partial charge in [0.1, 0.15) is 0 Å². The number of hydrogen-bond acceptors (Lipinski definition) is 5. The molecule has 1 aliphatic rings. The van der Waals surface area contributed by atoms with Gasteiger partial charge in [0.15, 0.2) is 11.7 Å². The van der Waals surface area contributed by atoms with E-state index in [-0.39, 0.29) is 29.9 Å². The van der Waals surface area contributed by atoms with Crippen LogP contribution in [0, 0.1) is 13.8 Å². The maximum atomic E-state index is 12.8. The first-order valence-electron chi connectivity index (χ1n) is 7.97. The van der Waals surface area contributed by atoms with E-state index >= 15 is 0 Å². The molecule has 1 fully saturated rings. The van der Waals surface area contributed by atoms with Crippen molar-refractivity contribution in [3.05, 3.63) is 53.2 Å². The van der Waals surface area contributed by atoms with Crippen molar-refractivity contribution in [3.63, 3.8) is 0 Å². The van der Waals surface area contributed by atoms with Crippen LogP contribution in [-0.2, 0) is 4.74 Å². The summed E-state index contributed by atoms with van der Waals surface area (Å²) in [4.78, 5) is 31.1. The predicted molar refractivity (Wildman–Crippen MR) is 87.0 cm³/mol. The number of carbonyl (C=O) groups is 2. The van der Waals surface area contributed by atoms with E-state index in [1.165, 1.54) is 0 Å². The average molecular weight is 328 g/mol. The Kier molecular flexibility index (Phi) is 4.76. The van der Waals surface area contributed by atoms with Crippen molar-refractivity contribution in [1.82, 2.24) is 9.88 Å². The minimum absolute atomic E-state index is 0.00521. The van der Waals surface area contributed by atoms with Gasteiger partial charge in [-0.2, -0.15) is 0 Å². The van der Waals surface area contributed by atoms with Crippen LogP contribution in [0.3, 0.4) is 0 Å². The van der Waals surface area contributed by atoms with Crippen molar-refractivity contribution >= 4 is 11.7 Å². The summed E-state index contributed by atoms with van der Waals surface area (Å²) in [7, 11) is 0. The van der Waals surface area contributed by atoms with E-state index in [1.807, 2.05) is 18.2 Å². The lowest BCUT2D eigenvalue weighted by Gasteiger charge is -2.34. The Balaban J connectivity index is 1.77. The molecule has 0 N–H and O–H groups in total. The van der Waals surface area contributed by atoms with Crippen LogP contribution in [-0.4, -0.2) is 47.4 Å². The number of Topliss-reactive ketones (excluding diaryl/α,β-unsaturated/α-hetero) is 1. The van der Waals surface area contributed by atoms with Gasteiger partial charge in [-0.25, -0.2) is 4.98 Å². The van der Waals surface area contributed by atoms with Gasteiger partial charge in [0.25, 0.3) is 5.91 Å². The van der Waals surface area contributed by atoms with Crippen LogP contribution in [0.2, 0.25) is 0 Å². The second-order valence-electron chi connectivity index (χ2n) is 5.87. The number of ether oxygens (including phenoxy) is 1. The Hall–Kier alpha value is -2.47. The molecule has 24 heavy (non-hydrogen) atoms. The van der Waals surface area contributed by atoms with Crippen molar-refractivity contribution in [1.29, 1.82) is 0 Å². The van der Waals surface area contributed by atoms with Gasteiger partial charge in [0.2, 0.25) is 5.76 Å². The number of morpholine rings is 1. The first kappa shape index (κ1) is 16.4. The van der Waals surface area contributed by atoms with E-state index in [1.54, 1.807) is 30.9 Å². The number of aryl methyl sites for hydroxylation is 2. The van der Waals surface area contributed by atoms with E-state index in [9.17, 15) is 9.59 Å². The molecule has 6 nitrogen and oxygen atoms in total. The number of benzene rings is 1. The number of amides is 1. The number of carbonyl (C=O) groups excluding carboxylic acids is 2. The van der Waals surface area contributed by atoms with Gasteiger partial charge in [0.05, 0.1) is 24.9 Å². The Morgan fingerprint density at radius 3 is 2.67 bits per heavy atom. The summed E-state index contributed by atoms with van der Waals surface area (Å²) >= 11 is 0. The maximum absolute atomic E-state index is 12.8. The number of oxazole rings is 1. The highest BCUT2D eigenvalue weighted by Crippen LogP contribution is 2.19. The standard InChI is InChI=1S/C18H20N2O4/c1-12-17(24-13(2)19-12)18(22)20-8-9-23-11-15(20)10-16(21)14-6-4-3-5-7-14/h3-7,15H,8-11H2,1-2H3/t15-/m0/s1. The van der Waals surface area contributed by atoms with Crippen LogP contribution in [0.1, 0.15) is 38.9 Å². The lowest BCUT2D eigenvalue weighted by atomic mass is 10.0. The summed E-state index contributed by atoms with van der Waals surface area (Å²) in [5.74, 6) is 0.462. The molecule has 0 unspecified atom stereocenters.